The van der Waals surface area contributed by atoms with E-state index in [4.69, 9.17) is 9.47 Å². The van der Waals surface area contributed by atoms with E-state index in [-0.39, 0.29) is 0 Å². The third-order valence-corrected chi connectivity index (χ3v) is 2.37. The largest absolute Gasteiger partial charge is 0.359 e. The van der Waals surface area contributed by atoms with E-state index in [1.165, 1.54) is 10.5 Å². The normalized spacial score (nSPS) is 10.3. The molecule has 0 fully saturated rings. The minimum Gasteiger partial charge on any atom is -0.359 e. The van der Waals surface area contributed by atoms with E-state index in [0.29, 0.717) is 13.4 Å². The maximum atomic E-state index is 5.21. The Hall–Kier alpha value is -0.510. The molecule has 0 aliphatic heterocycles. The van der Waals surface area contributed by atoms with E-state index >= 15 is 0 Å². The number of thioether (sulfide) groups is 1. The van der Waals surface area contributed by atoms with Gasteiger partial charge in [-0.25, -0.2) is 0 Å². The lowest BCUT2D eigenvalue weighted by atomic mass is 10.2. The molecule has 0 aliphatic rings. The summed E-state index contributed by atoms with van der Waals surface area (Å²) in [7, 11) is 1.62. The molecule has 2 nitrogen and oxygen atoms in total. The van der Waals surface area contributed by atoms with Crippen LogP contribution in [0.15, 0.2) is 29.2 Å². The number of benzene rings is 1. The van der Waals surface area contributed by atoms with Gasteiger partial charge in [0.25, 0.3) is 0 Å². The van der Waals surface area contributed by atoms with Crippen LogP contribution in [0.5, 0.6) is 0 Å². The van der Waals surface area contributed by atoms with E-state index < -0.39 is 0 Å². The lowest BCUT2D eigenvalue weighted by Gasteiger charge is -2.03. The molecule has 1 aromatic carbocycles. The monoisotopic (exact) mass is 198 g/mol. The Morgan fingerprint density at radius 3 is 2.46 bits per heavy atom. The second kappa shape index (κ2) is 6.02. The van der Waals surface area contributed by atoms with Crippen molar-refractivity contribution < 1.29 is 9.47 Å². The van der Waals surface area contributed by atoms with Gasteiger partial charge in [0.1, 0.15) is 6.79 Å². The van der Waals surface area contributed by atoms with E-state index in [2.05, 4.69) is 30.5 Å². The van der Waals surface area contributed by atoms with Crippen molar-refractivity contribution in [3.8, 4) is 0 Å². The summed E-state index contributed by atoms with van der Waals surface area (Å²) in [5, 5.41) is 0. The average molecular weight is 198 g/mol. The molecule has 0 atom stereocenters. The minimum atomic E-state index is 0.351. The summed E-state index contributed by atoms with van der Waals surface area (Å²) >= 11 is 1.74. The van der Waals surface area contributed by atoms with Crippen molar-refractivity contribution in [2.24, 2.45) is 0 Å². The van der Waals surface area contributed by atoms with Gasteiger partial charge in [0.2, 0.25) is 0 Å². The zero-order valence-electron chi connectivity index (χ0n) is 7.95. The fourth-order valence-electron chi connectivity index (χ4n) is 0.965. The van der Waals surface area contributed by atoms with Gasteiger partial charge in [-0.15, -0.1) is 11.8 Å². The van der Waals surface area contributed by atoms with Gasteiger partial charge in [-0.3, -0.25) is 0 Å². The zero-order valence-corrected chi connectivity index (χ0v) is 8.76. The number of hydrogen-bond donors (Lipinski definition) is 0. The summed E-state index contributed by atoms with van der Waals surface area (Å²) in [6.45, 7) is 0.965. The van der Waals surface area contributed by atoms with Crippen molar-refractivity contribution in [3.05, 3.63) is 29.8 Å². The molecule has 1 aromatic rings. The van der Waals surface area contributed by atoms with Crippen LogP contribution in [0.3, 0.4) is 0 Å². The van der Waals surface area contributed by atoms with Gasteiger partial charge in [-0.2, -0.15) is 0 Å². The fourth-order valence-corrected chi connectivity index (χ4v) is 1.37. The van der Waals surface area contributed by atoms with E-state index in [1.807, 2.05) is 0 Å². The molecule has 3 heteroatoms. The first kappa shape index (κ1) is 10.6. The number of rotatable bonds is 5. The molecule has 0 saturated heterocycles. The van der Waals surface area contributed by atoms with Crippen molar-refractivity contribution in [2.75, 3.05) is 20.2 Å². The standard InChI is InChI=1S/C10H14O2S/c1-11-8-12-7-9-3-5-10(13-2)6-4-9/h3-6H,7-8H2,1-2H3. The molecule has 0 bridgehead atoms. The predicted molar refractivity (Wildman–Crippen MR) is 54.9 cm³/mol. The van der Waals surface area contributed by atoms with Crippen LogP contribution in [0.25, 0.3) is 0 Å². The lowest BCUT2D eigenvalue weighted by molar-refractivity contribution is -0.0390. The highest BCUT2D eigenvalue weighted by Gasteiger charge is 1.93. The van der Waals surface area contributed by atoms with Crippen molar-refractivity contribution in [2.45, 2.75) is 11.5 Å². The molecule has 0 saturated carbocycles. The second-order valence-corrected chi connectivity index (χ2v) is 3.48. The fraction of sp³-hybridized carbons (Fsp3) is 0.400. The highest BCUT2D eigenvalue weighted by atomic mass is 32.2. The minimum absolute atomic E-state index is 0.351. The zero-order chi connectivity index (χ0) is 9.52. The van der Waals surface area contributed by atoms with Crippen LogP contribution in [0.4, 0.5) is 0 Å². The third kappa shape index (κ3) is 3.81. The first-order valence-electron chi connectivity index (χ1n) is 4.06. The maximum absolute atomic E-state index is 5.21. The van der Waals surface area contributed by atoms with Crippen molar-refractivity contribution in [3.63, 3.8) is 0 Å². The quantitative estimate of drug-likeness (QED) is 0.411. The summed E-state index contributed by atoms with van der Waals surface area (Å²) in [5.41, 5.74) is 1.18. The highest BCUT2D eigenvalue weighted by molar-refractivity contribution is 7.98. The van der Waals surface area contributed by atoms with Gasteiger partial charge in [0.05, 0.1) is 6.61 Å². The Bertz CT molecular complexity index is 233. The molecule has 13 heavy (non-hydrogen) atoms. The molecule has 0 N–H and O–H groups in total. The van der Waals surface area contributed by atoms with E-state index in [1.54, 1.807) is 18.9 Å². The Labute approximate surface area is 83.2 Å². The van der Waals surface area contributed by atoms with Crippen LogP contribution >= 0.6 is 11.8 Å². The molecule has 0 amide bonds. The molecule has 0 heterocycles. The van der Waals surface area contributed by atoms with Gasteiger partial charge < -0.3 is 9.47 Å². The van der Waals surface area contributed by atoms with Gasteiger partial charge >= 0.3 is 0 Å². The van der Waals surface area contributed by atoms with Crippen LogP contribution in [-0.2, 0) is 16.1 Å². The molecule has 0 unspecified atom stereocenters. The average Bonchev–Trinajstić information content (AvgIpc) is 2.19. The van der Waals surface area contributed by atoms with Gasteiger partial charge in [-0.1, -0.05) is 12.1 Å². The lowest BCUT2D eigenvalue weighted by Crippen LogP contribution is -1.96. The van der Waals surface area contributed by atoms with E-state index in [0.717, 1.165) is 0 Å². The Morgan fingerprint density at radius 1 is 1.23 bits per heavy atom. The summed E-state index contributed by atoms with van der Waals surface area (Å²) in [6, 6.07) is 8.33. The molecule has 1 rings (SSSR count). The molecule has 72 valence electrons. The van der Waals surface area contributed by atoms with Gasteiger partial charge in [0.15, 0.2) is 0 Å². The molecule has 0 radical (unpaired) electrons. The molecule has 0 spiro atoms. The summed E-state index contributed by atoms with van der Waals surface area (Å²) in [6.07, 6.45) is 2.07. The van der Waals surface area contributed by atoms with Crippen LogP contribution < -0.4 is 0 Å². The maximum Gasteiger partial charge on any atom is 0.146 e. The SMILES string of the molecule is COCOCc1ccc(SC)cc1. The molecular weight excluding hydrogens is 184 g/mol. The summed E-state index contributed by atoms with van der Waals surface area (Å²) in [5.74, 6) is 0. The molecular formula is C10H14O2S. The Balaban J connectivity index is 2.40. The predicted octanol–water partition coefficient (Wildman–Crippen LogP) is 2.53. The van der Waals surface area contributed by atoms with Crippen LogP contribution in [0.2, 0.25) is 0 Å². The van der Waals surface area contributed by atoms with Crippen molar-refractivity contribution >= 4 is 11.8 Å². The summed E-state index contributed by atoms with van der Waals surface area (Å²) in [4.78, 5) is 1.27. The van der Waals surface area contributed by atoms with Crippen molar-refractivity contribution in [1.29, 1.82) is 0 Å². The molecule has 0 aromatic heterocycles. The van der Waals surface area contributed by atoms with Crippen LogP contribution in [0.1, 0.15) is 5.56 Å². The van der Waals surface area contributed by atoms with Crippen molar-refractivity contribution in [1.82, 2.24) is 0 Å². The summed E-state index contributed by atoms with van der Waals surface area (Å²) < 4.78 is 10.00. The topological polar surface area (TPSA) is 18.5 Å². The number of methoxy groups -OCH3 is 1. The first-order chi connectivity index (χ1) is 6.36. The smallest absolute Gasteiger partial charge is 0.146 e. The third-order valence-electron chi connectivity index (χ3n) is 1.63. The van der Waals surface area contributed by atoms with Gasteiger partial charge in [-0.05, 0) is 24.0 Å². The first-order valence-corrected chi connectivity index (χ1v) is 5.29. The Morgan fingerprint density at radius 2 is 1.92 bits per heavy atom. The Kier molecular flexibility index (Phi) is 4.90. The molecule has 0 aliphatic carbocycles. The second-order valence-electron chi connectivity index (χ2n) is 2.60. The number of hydrogen-bond acceptors (Lipinski definition) is 3. The number of ether oxygens (including phenoxy) is 2. The van der Waals surface area contributed by atoms with Crippen LogP contribution in [0, 0.1) is 0 Å². The van der Waals surface area contributed by atoms with Gasteiger partial charge in [0, 0.05) is 12.0 Å². The highest BCUT2D eigenvalue weighted by Crippen LogP contribution is 2.15. The van der Waals surface area contributed by atoms with Crippen LogP contribution in [-0.4, -0.2) is 20.2 Å². The van der Waals surface area contributed by atoms with E-state index in [9.17, 15) is 0 Å².